The summed E-state index contributed by atoms with van der Waals surface area (Å²) in [4.78, 5) is 2.31. The predicted molar refractivity (Wildman–Crippen MR) is 133 cm³/mol. The number of fused-ring (bicyclic) bond motifs is 1. The van der Waals surface area contributed by atoms with Gasteiger partial charge in [-0.1, -0.05) is 11.6 Å². The summed E-state index contributed by atoms with van der Waals surface area (Å²) in [5, 5.41) is 0.684. The molecule has 0 radical (unpaired) electrons. The number of aryl methyl sites for hydroxylation is 1. The van der Waals surface area contributed by atoms with Crippen molar-refractivity contribution >= 4 is 21.6 Å². The first-order valence-corrected chi connectivity index (χ1v) is 13.2. The highest BCUT2D eigenvalue weighted by Gasteiger charge is 2.37. The summed E-state index contributed by atoms with van der Waals surface area (Å²) in [5.74, 6) is 0.599. The average Bonchev–Trinajstić information content (AvgIpc) is 3.15. The molecule has 1 aliphatic rings. The Kier molecular flexibility index (Phi) is 9.73. The minimum atomic E-state index is -3.65. The van der Waals surface area contributed by atoms with Crippen molar-refractivity contribution in [1.29, 1.82) is 0 Å². The Morgan fingerprint density at radius 3 is 2.41 bits per heavy atom. The SMILES string of the molecule is Cc1cc(Cl)cc2c1C[C@H](N(C)C)[C@H]2Oc1ccc(S(=O)(=O)NCCOCCOCCN)cc1. The molecule has 0 unspecified atom stereocenters. The smallest absolute Gasteiger partial charge is 0.240 e. The number of ether oxygens (including phenoxy) is 3. The lowest BCUT2D eigenvalue weighted by atomic mass is 10.0. The van der Waals surface area contributed by atoms with Gasteiger partial charge < -0.3 is 24.8 Å². The van der Waals surface area contributed by atoms with Gasteiger partial charge in [0, 0.05) is 18.1 Å². The molecule has 0 spiro atoms. The molecule has 2 aromatic rings. The number of nitrogens with two attached hydrogens (primary N) is 1. The molecule has 0 aliphatic heterocycles. The Balaban J connectivity index is 1.60. The van der Waals surface area contributed by atoms with Gasteiger partial charge in [0.1, 0.15) is 11.9 Å². The fraction of sp³-hybridized carbons (Fsp3) is 0.500. The van der Waals surface area contributed by atoms with Crippen molar-refractivity contribution < 1.29 is 22.6 Å². The molecular weight excluding hydrogens is 478 g/mol. The highest BCUT2D eigenvalue weighted by Crippen LogP contribution is 2.40. The second kappa shape index (κ2) is 12.3. The summed E-state index contributed by atoms with van der Waals surface area (Å²) >= 11 is 6.32. The van der Waals surface area contributed by atoms with E-state index in [0.717, 1.165) is 17.5 Å². The van der Waals surface area contributed by atoms with Crippen molar-refractivity contribution in [1.82, 2.24) is 9.62 Å². The molecule has 0 fully saturated rings. The lowest BCUT2D eigenvalue weighted by Gasteiger charge is -2.27. The third-order valence-electron chi connectivity index (χ3n) is 5.77. The van der Waals surface area contributed by atoms with Crippen LogP contribution in [0.4, 0.5) is 0 Å². The summed E-state index contributed by atoms with van der Waals surface area (Å²) < 4.78 is 44.6. The molecule has 3 N–H and O–H groups in total. The average molecular weight is 512 g/mol. The molecule has 2 aromatic carbocycles. The van der Waals surface area contributed by atoms with Gasteiger partial charge in [0.15, 0.2) is 0 Å². The molecule has 10 heteroatoms. The van der Waals surface area contributed by atoms with Crippen LogP contribution in [0.25, 0.3) is 0 Å². The molecular formula is C24H34ClN3O5S. The van der Waals surface area contributed by atoms with E-state index in [1.807, 2.05) is 26.2 Å². The van der Waals surface area contributed by atoms with Crippen LogP contribution in [-0.4, -0.2) is 73.0 Å². The molecule has 1 aliphatic carbocycles. The number of hydrogen-bond donors (Lipinski definition) is 2. The van der Waals surface area contributed by atoms with Crippen molar-refractivity contribution in [2.45, 2.75) is 30.4 Å². The first-order valence-electron chi connectivity index (χ1n) is 11.3. The first-order chi connectivity index (χ1) is 16.2. The van der Waals surface area contributed by atoms with Gasteiger partial charge in [-0.2, -0.15) is 0 Å². The van der Waals surface area contributed by atoms with Crippen LogP contribution < -0.4 is 15.2 Å². The van der Waals surface area contributed by atoms with Crippen LogP contribution in [0.1, 0.15) is 22.8 Å². The highest BCUT2D eigenvalue weighted by atomic mass is 35.5. The van der Waals surface area contributed by atoms with Crippen molar-refractivity contribution in [3.63, 3.8) is 0 Å². The molecule has 0 saturated carbocycles. The fourth-order valence-corrected chi connectivity index (χ4v) is 5.33. The normalized spacial score (nSPS) is 17.8. The molecule has 3 rings (SSSR count). The zero-order valence-electron chi connectivity index (χ0n) is 19.9. The van der Waals surface area contributed by atoms with Gasteiger partial charge in [0.25, 0.3) is 0 Å². The van der Waals surface area contributed by atoms with Gasteiger partial charge in [-0.05, 0) is 80.5 Å². The largest absolute Gasteiger partial charge is 0.484 e. The van der Waals surface area contributed by atoms with Crippen molar-refractivity contribution in [3.05, 3.63) is 58.1 Å². The van der Waals surface area contributed by atoms with E-state index in [0.29, 0.717) is 37.1 Å². The van der Waals surface area contributed by atoms with E-state index in [4.69, 9.17) is 31.5 Å². The summed E-state index contributed by atoms with van der Waals surface area (Å²) in [5.41, 5.74) is 8.82. The van der Waals surface area contributed by atoms with Crippen LogP contribution in [0.15, 0.2) is 41.3 Å². The fourth-order valence-electron chi connectivity index (χ4n) is 4.03. The number of halogens is 1. The molecule has 8 nitrogen and oxygen atoms in total. The van der Waals surface area contributed by atoms with E-state index in [-0.39, 0.29) is 30.2 Å². The molecule has 0 saturated heterocycles. The summed E-state index contributed by atoms with van der Waals surface area (Å²) in [6, 6.07) is 10.5. The zero-order valence-corrected chi connectivity index (χ0v) is 21.5. The number of nitrogens with zero attached hydrogens (tertiary/aromatic N) is 1. The highest BCUT2D eigenvalue weighted by molar-refractivity contribution is 7.89. The lowest BCUT2D eigenvalue weighted by molar-refractivity contribution is 0.0530. The van der Waals surface area contributed by atoms with Crippen molar-refractivity contribution in [2.24, 2.45) is 5.73 Å². The monoisotopic (exact) mass is 511 g/mol. The predicted octanol–water partition coefficient (Wildman–Crippen LogP) is 2.53. The maximum absolute atomic E-state index is 12.6. The van der Waals surface area contributed by atoms with Gasteiger partial charge in [-0.3, -0.25) is 0 Å². The van der Waals surface area contributed by atoms with Crippen LogP contribution in [0.3, 0.4) is 0 Å². The van der Waals surface area contributed by atoms with Crippen LogP contribution in [0, 0.1) is 6.92 Å². The summed E-state index contributed by atoms with van der Waals surface area (Å²) in [6.45, 7) is 4.23. The standard InChI is InChI=1S/C24H34ClN3O5S/c1-17-14-18(25)15-22-21(17)16-23(28(2)3)24(22)33-19-4-6-20(7-5-19)34(29,30)27-9-11-32-13-12-31-10-8-26/h4-7,14-15,23-24,27H,8-13,16,26H2,1-3H3/t23-,24-/m0/s1. The second-order valence-electron chi connectivity index (χ2n) is 8.45. The van der Waals surface area contributed by atoms with Crippen molar-refractivity contribution in [3.8, 4) is 5.75 Å². The number of rotatable bonds is 13. The van der Waals surface area contributed by atoms with Gasteiger partial charge in [0.2, 0.25) is 10.0 Å². The Bertz CT molecular complexity index is 1050. The Labute approximate surface area is 207 Å². The quantitative estimate of drug-likeness (QED) is 0.398. The summed E-state index contributed by atoms with van der Waals surface area (Å²) in [6.07, 6.45) is 0.669. The molecule has 34 heavy (non-hydrogen) atoms. The van der Waals surface area contributed by atoms with Crippen molar-refractivity contribution in [2.75, 3.05) is 53.6 Å². The maximum Gasteiger partial charge on any atom is 0.240 e. The first kappa shape index (κ1) is 26.9. The van der Waals surface area contributed by atoms with Gasteiger partial charge >= 0.3 is 0 Å². The maximum atomic E-state index is 12.6. The molecule has 2 atom stereocenters. The minimum Gasteiger partial charge on any atom is -0.484 e. The van der Waals surface area contributed by atoms with E-state index >= 15 is 0 Å². The topological polar surface area (TPSA) is 103 Å². The summed E-state index contributed by atoms with van der Waals surface area (Å²) in [7, 11) is 0.411. The number of benzene rings is 2. The van der Waals surface area contributed by atoms with E-state index in [1.54, 1.807) is 24.3 Å². The van der Waals surface area contributed by atoms with E-state index < -0.39 is 10.0 Å². The Hall–Kier alpha value is -1.72. The van der Waals surface area contributed by atoms with Crippen LogP contribution in [-0.2, 0) is 25.9 Å². The Morgan fingerprint density at radius 2 is 1.76 bits per heavy atom. The molecule has 0 heterocycles. The Morgan fingerprint density at radius 1 is 1.09 bits per heavy atom. The third kappa shape index (κ3) is 6.91. The van der Waals surface area contributed by atoms with Gasteiger partial charge in [-0.25, -0.2) is 13.1 Å². The van der Waals surface area contributed by atoms with E-state index in [9.17, 15) is 8.42 Å². The molecule has 0 amide bonds. The van der Waals surface area contributed by atoms with E-state index in [2.05, 4.69) is 16.5 Å². The minimum absolute atomic E-state index is 0.151. The van der Waals surface area contributed by atoms with E-state index in [1.165, 1.54) is 5.56 Å². The number of likely N-dealkylation sites (N-methyl/N-ethyl adjacent to an activating group) is 1. The molecule has 0 bridgehead atoms. The second-order valence-corrected chi connectivity index (χ2v) is 10.6. The number of sulfonamides is 1. The van der Waals surface area contributed by atoms with Crippen LogP contribution in [0.5, 0.6) is 5.75 Å². The number of nitrogens with one attached hydrogen (secondary N) is 1. The van der Waals surface area contributed by atoms with Gasteiger partial charge in [-0.15, -0.1) is 0 Å². The zero-order chi connectivity index (χ0) is 24.7. The lowest BCUT2D eigenvalue weighted by Crippen LogP contribution is -2.34. The number of hydrogen-bond acceptors (Lipinski definition) is 7. The molecule has 188 valence electrons. The van der Waals surface area contributed by atoms with Crippen LogP contribution in [0.2, 0.25) is 5.02 Å². The van der Waals surface area contributed by atoms with Crippen LogP contribution >= 0.6 is 11.6 Å². The van der Waals surface area contributed by atoms with Gasteiger partial charge in [0.05, 0.1) is 37.4 Å². The third-order valence-corrected chi connectivity index (χ3v) is 7.47. The molecule has 0 aromatic heterocycles.